The summed E-state index contributed by atoms with van der Waals surface area (Å²) < 4.78 is 7.40. The summed E-state index contributed by atoms with van der Waals surface area (Å²) in [6.07, 6.45) is 7.10. The summed E-state index contributed by atoms with van der Waals surface area (Å²) in [7, 11) is 0. The van der Waals surface area contributed by atoms with E-state index in [4.69, 9.17) is 1.37 Å². The van der Waals surface area contributed by atoms with Crippen LogP contribution in [0.5, 0.6) is 11.5 Å². The molecule has 1 aromatic carbocycles. The van der Waals surface area contributed by atoms with Gasteiger partial charge in [0.2, 0.25) is 0 Å². The molecule has 0 aromatic heterocycles. The van der Waals surface area contributed by atoms with Gasteiger partial charge in [0, 0.05) is 6.07 Å². The average Bonchev–Trinajstić information content (AvgIpc) is 2.26. The van der Waals surface area contributed by atoms with Gasteiger partial charge >= 0.3 is 0 Å². The van der Waals surface area contributed by atoms with Gasteiger partial charge in [-0.2, -0.15) is 0 Å². The molecule has 1 aliphatic rings. The van der Waals surface area contributed by atoms with E-state index in [1.807, 2.05) is 0 Å². The molecule has 88 valence electrons. The molecular weight excluding hydrogens is 216 g/mol. The van der Waals surface area contributed by atoms with Crippen molar-refractivity contribution in [2.45, 2.75) is 12.5 Å². The number of aromatic hydroxyl groups is 2. The van der Waals surface area contributed by atoms with E-state index < -0.39 is 6.08 Å². The van der Waals surface area contributed by atoms with Gasteiger partial charge in [-0.25, -0.2) is 0 Å². The van der Waals surface area contributed by atoms with Gasteiger partial charge < -0.3 is 15.3 Å². The summed E-state index contributed by atoms with van der Waals surface area (Å²) in [5.74, 6) is 0.00620. The molecule has 0 spiro atoms. The number of aliphatic hydroxyl groups is 1. The lowest BCUT2D eigenvalue weighted by Crippen LogP contribution is -2.03. The molecule has 0 aliphatic heterocycles. The molecule has 3 nitrogen and oxygen atoms in total. The van der Waals surface area contributed by atoms with Gasteiger partial charge in [0.05, 0.1) is 7.45 Å². The second kappa shape index (κ2) is 4.89. The van der Waals surface area contributed by atoms with E-state index in [9.17, 15) is 15.3 Å². The maximum Gasteiger partial charge on any atom is 0.119 e. The molecule has 1 aliphatic carbocycles. The van der Waals surface area contributed by atoms with Crippen LogP contribution in [-0.4, -0.2) is 21.4 Å². The zero-order valence-electron chi connectivity index (χ0n) is 10.2. The van der Waals surface area contributed by atoms with E-state index in [0.29, 0.717) is 5.56 Å². The van der Waals surface area contributed by atoms with Crippen LogP contribution < -0.4 is 0 Å². The quantitative estimate of drug-likeness (QED) is 0.732. The lowest BCUT2D eigenvalue weighted by molar-refractivity contribution is 0.225. The summed E-state index contributed by atoms with van der Waals surface area (Å²) in [6, 6.07) is 4.33. The first-order valence-corrected chi connectivity index (χ1v) is 5.27. The maximum atomic E-state index is 9.40. The van der Waals surface area contributed by atoms with Gasteiger partial charge in [0.1, 0.15) is 11.5 Å². The van der Waals surface area contributed by atoms with Crippen LogP contribution in [0.1, 0.15) is 13.4 Å². The van der Waals surface area contributed by atoms with Gasteiger partial charge in [0.25, 0.3) is 0 Å². The first kappa shape index (κ1) is 10.2. The van der Waals surface area contributed by atoms with Crippen LogP contribution >= 0.6 is 0 Å². The van der Waals surface area contributed by atoms with E-state index in [2.05, 4.69) is 0 Å². The Balaban J connectivity index is 2.13. The zero-order valence-corrected chi connectivity index (χ0v) is 9.17. The van der Waals surface area contributed by atoms with Gasteiger partial charge in [-0.05, 0) is 29.7 Å². The predicted molar refractivity (Wildman–Crippen MR) is 66.7 cm³/mol. The third kappa shape index (κ3) is 3.23. The molecule has 0 fully saturated rings. The molecular formula is C14H14O3. The highest BCUT2D eigenvalue weighted by atomic mass is 16.3. The zero-order chi connectivity index (χ0) is 13.2. The maximum absolute atomic E-state index is 9.40. The Morgan fingerprint density at radius 1 is 1.18 bits per heavy atom. The Morgan fingerprint density at radius 3 is 2.47 bits per heavy atom. The Hall–Kier alpha value is -2.00. The number of rotatable bonds is 2. The molecule has 0 amide bonds. The van der Waals surface area contributed by atoms with Crippen LogP contribution in [0.3, 0.4) is 0 Å². The fourth-order valence-electron chi connectivity index (χ4n) is 1.58. The SMILES string of the molecule is [2H]C1(O)C=CC(C=Cc2cc(O)cc(O)c2)=CC1. The topological polar surface area (TPSA) is 60.7 Å². The number of allylic oxidation sites excluding steroid dienone is 3. The molecule has 3 heteroatoms. The minimum absolute atomic E-state index is 0.00310. The smallest absolute Gasteiger partial charge is 0.119 e. The van der Waals surface area contributed by atoms with Crippen molar-refractivity contribution in [1.29, 1.82) is 0 Å². The number of hydrogen-bond donors (Lipinski definition) is 3. The monoisotopic (exact) mass is 231 g/mol. The fourth-order valence-corrected chi connectivity index (χ4v) is 1.58. The third-order valence-corrected chi connectivity index (χ3v) is 2.41. The second-order valence-electron chi connectivity index (χ2n) is 3.85. The first-order chi connectivity index (χ1) is 8.44. The molecule has 3 N–H and O–H groups in total. The summed E-state index contributed by atoms with van der Waals surface area (Å²) in [5, 5.41) is 28.0. The van der Waals surface area contributed by atoms with Crippen molar-refractivity contribution in [3.63, 3.8) is 0 Å². The number of phenolic OH excluding ortho intramolecular Hbond substituents is 2. The van der Waals surface area contributed by atoms with Crippen molar-refractivity contribution < 1.29 is 16.7 Å². The highest BCUT2D eigenvalue weighted by Crippen LogP contribution is 2.22. The van der Waals surface area contributed by atoms with E-state index >= 15 is 0 Å². The molecule has 0 saturated carbocycles. The third-order valence-electron chi connectivity index (χ3n) is 2.41. The van der Waals surface area contributed by atoms with Crippen molar-refractivity contribution in [3.05, 3.63) is 53.6 Å². The number of benzene rings is 1. The van der Waals surface area contributed by atoms with Crippen LogP contribution in [0.2, 0.25) is 0 Å². The molecule has 1 atom stereocenters. The van der Waals surface area contributed by atoms with E-state index in [1.54, 1.807) is 24.3 Å². The Morgan fingerprint density at radius 2 is 1.88 bits per heavy atom. The summed E-state index contributed by atoms with van der Waals surface area (Å²) in [4.78, 5) is 0. The highest BCUT2D eigenvalue weighted by Gasteiger charge is 2.02. The first-order valence-electron chi connectivity index (χ1n) is 5.77. The highest BCUT2D eigenvalue weighted by molar-refractivity contribution is 5.58. The molecule has 0 saturated heterocycles. The molecule has 1 aromatic rings. The van der Waals surface area contributed by atoms with Crippen molar-refractivity contribution >= 4 is 6.08 Å². The lowest BCUT2D eigenvalue weighted by atomic mass is 10.0. The van der Waals surface area contributed by atoms with Crippen LogP contribution in [0.15, 0.2) is 48.1 Å². The standard InChI is InChI=1S/C14H14O3/c15-12-5-3-10(4-6-12)1-2-11-7-13(16)9-14(17)8-11/h1-5,7-9,12,15-17H,6H2/i12D. The van der Waals surface area contributed by atoms with Crippen molar-refractivity contribution in [2.75, 3.05) is 0 Å². The Kier molecular flexibility index (Phi) is 2.93. The lowest BCUT2D eigenvalue weighted by Gasteiger charge is -2.07. The molecule has 17 heavy (non-hydrogen) atoms. The van der Waals surface area contributed by atoms with Crippen molar-refractivity contribution in [1.82, 2.24) is 0 Å². The molecule has 0 bridgehead atoms. The second-order valence-corrected chi connectivity index (χ2v) is 3.85. The molecule has 0 heterocycles. The van der Waals surface area contributed by atoms with Crippen LogP contribution in [0.25, 0.3) is 6.08 Å². The van der Waals surface area contributed by atoms with Crippen LogP contribution in [0.4, 0.5) is 0 Å². The summed E-state index contributed by atoms with van der Waals surface area (Å²) >= 11 is 0. The van der Waals surface area contributed by atoms with Gasteiger partial charge in [-0.1, -0.05) is 30.4 Å². The van der Waals surface area contributed by atoms with Crippen molar-refractivity contribution in [2.24, 2.45) is 0 Å². The van der Waals surface area contributed by atoms with Gasteiger partial charge in [0.15, 0.2) is 0 Å². The van der Waals surface area contributed by atoms with Crippen LogP contribution in [-0.2, 0) is 0 Å². The summed E-state index contributed by atoms with van der Waals surface area (Å²) in [6.45, 7) is 0. The fraction of sp³-hybridized carbons (Fsp3) is 0.143. The number of hydrogen-bond acceptors (Lipinski definition) is 3. The van der Waals surface area contributed by atoms with Crippen LogP contribution in [0, 0.1) is 0 Å². The predicted octanol–water partition coefficient (Wildman–Crippen LogP) is 2.36. The Labute approximate surface area is 101 Å². The normalized spacial score (nSPS) is 24.8. The molecule has 0 radical (unpaired) electrons. The van der Waals surface area contributed by atoms with Gasteiger partial charge in [-0.3, -0.25) is 0 Å². The summed E-state index contributed by atoms with van der Waals surface area (Å²) in [5.41, 5.74) is 1.54. The largest absolute Gasteiger partial charge is 0.508 e. The van der Waals surface area contributed by atoms with Crippen molar-refractivity contribution in [3.8, 4) is 11.5 Å². The minimum Gasteiger partial charge on any atom is -0.508 e. The molecule has 2 rings (SSSR count). The van der Waals surface area contributed by atoms with E-state index in [-0.39, 0.29) is 17.9 Å². The van der Waals surface area contributed by atoms with Gasteiger partial charge in [-0.15, -0.1) is 0 Å². The molecule has 1 unspecified atom stereocenters. The van der Waals surface area contributed by atoms with E-state index in [0.717, 1.165) is 5.57 Å². The van der Waals surface area contributed by atoms with E-state index in [1.165, 1.54) is 24.3 Å². The average molecular weight is 231 g/mol. The minimum atomic E-state index is -1.51. The number of phenols is 2. The Bertz CT molecular complexity index is 522.